The molecule has 0 saturated heterocycles. The number of carbonyl (C=O) groups excluding carboxylic acids is 1. The van der Waals surface area contributed by atoms with Gasteiger partial charge in [-0.3, -0.25) is 4.79 Å². The fourth-order valence-corrected chi connectivity index (χ4v) is 2.24. The van der Waals surface area contributed by atoms with Gasteiger partial charge in [-0.05, 0) is 38.0 Å². The lowest BCUT2D eigenvalue weighted by Gasteiger charge is -2.24. The Kier molecular flexibility index (Phi) is 6.21. The largest absolute Gasteiger partial charge is 0.322 e. The molecule has 0 aliphatic rings. The molecule has 0 bridgehead atoms. The number of amides is 1. The van der Waals surface area contributed by atoms with Crippen LogP contribution in [-0.2, 0) is 10.3 Å². The molecule has 0 radical (unpaired) electrons. The average molecular weight is 276 g/mol. The van der Waals surface area contributed by atoms with Gasteiger partial charge < -0.3 is 10.6 Å². The number of carbonyl (C=O) groups is 1. The Morgan fingerprint density at radius 1 is 1.15 bits per heavy atom. The maximum absolute atomic E-state index is 11.8. The molecule has 0 fully saturated rings. The molecule has 1 rings (SSSR count). The van der Waals surface area contributed by atoms with E-state index in [2.05, 4.69) is 6.92 Å². The predicted molar refractivity (Wildman–Crippen MR) is 85.8 cm³/mol. The second-order valence-corrected chi connectivity index (χ2v) is 6.00. The molecule has 0 aromatic heterocycles. The Labute approximate surface area is 123 Å². The summed E-state index contributed by atoms with van der Waals surface area (Å²) < 4.78 is 0. The lowest BCUT2D eigenvalue weighted by molar-refractivity contribution is -0.116. The average Bonchev–Trinajstić information content (AvgIpc) is 2.37. The van der Waals surface area contributed by atoms with E-state index in [4.69, 9.17) is 5.73 Å². The van der Waals surface area contributed by atoms with Crippen molar-refractivity contribution in [3.05, 3.63) is 29.8 Å². The van der Waals surface area contributed by atoms with Gasteiger partial charge in [-0.15, -0.1) is 0 Å². The van der Waals surface area contributed by atoms with Crippen LogP contribution in [0.2, 0.25) is 0 Å². The third-order valence-electron chi connectivity index (χ3n) is 3.54. The molecule has 0 spiro atoms. The maximum Gasteiger partial charge on any atom is 0.223 e. The highest BCUT2D eigenvalue weighted by Crippen LogP contribution is 2.22. The summed E-state index contributed by atoms with van der Waals surface area (Å²) in [5, 5.41) is 0. The lowest BCUT2D eigenvalue weighted by Crippen LogP contribution is -2.30. The first kappa shape index (κ1) is 16.7. The zero-order valence-electron chi connectivity index (χ0n) is 13.3. The van der Waals surface area contributed by atoms with Gasteiger partial charge >= 0.3 is 0 Å². The quantitative estimate of drug-likeness (QED) is 0.770. The smallest absolute Gasteiger partial charge is 0.223 e. The number of benzene rings is 1. The number of anilines is 1. The second-order valence-electron chi connectivity index (χ2n) is 6.00. The summed E-state index contributed by atoms with van der Waals surface area (Å²) in [5.74, 6) is 0.0984. The van der Waals surface area contributed by atoms with Crippen LogP contribution in [-0.4, -0.2) is 12.5 Å². The van der Waals surface area contributed by atoms with Crippen molar-refractivity contribution in [3.8, 4) is 0 Å². The molecule has 2 N–H and O–H groups in total. The van der Waals surface area contributed by atoms with Gasteiger partial charge in [-0.2, -0.15) is 0 Å². The van der Waals surface area contributed by atoms with Gasteiger partial charge in [0.2, 0.25) is 5.91 Å². The summed E-state index contributed by atoms with van der Waals surface area (Å²) >= 11 is 0. The van der Waals surface area contributed by atoms with Crippen molar-refractivity contribution >= 4 is 11.6 Å². The van der Waals surface area contributed by atoms with Crippen LogP contribution in [0.15, 0.2) is 24.3 Å². The Hall–Kier alpha value is -1.35. The normalized spacial score (nSPS) is 11.4. The lowest BCUT2D eigenvalue weighted by atomic mass is 9.95. The summed E-state index contributed by atoms with van der Waals surface area (Å²) in [5.41, 5.74) is 7.77. The van der Waals surface area contributed by atoms with Gasteiger partial charge in [0.25, 0.3) is 0 Å². The number of rotatable bonds is 7. The SMILES string of the molecule is CCCCCCN(C(C)=O)c1ccc(C(C)(C)N)cc1. The van der Waals surface area contributed by atoms with Crippen LogP contribution < -0.4 is 10.6 Å². The summed E-state index contributed by atoms with van der Waals surface area (Å²) in [6.45, 7) is 8.57. The van der Waals surface area contributed by atoms with E-state index in [-0.39, 0.29) is 11.4 Å². The number of nitrogens with zero attached hydrogens (tertiary/aromatic N) is 1. The molecular weight excluding hydrogens is 248 g/mol. The zero-order chi connectivity index (χ0) is 15.2. The number of hydrogen-bond donors (Lipinski definition) is 1. The molecule has 1 aromatic carbocycles. The monoisotopic (exact) mass is 276 g/mol. The van der Waals surface area contributed by atoms with E-state index >= 15 is 0 Å². The third kappa shape index (κ3) is 4.97. The van der Waals surface area contributed by atoms with Gasteiger partial charge in [-0.25, -0.2) is 0 Å². The zero-order valence-corrected chi connectivity index (χ0v) is 13.3. The molecule has 3 nitrogen and oxygen atoms in total. The Morgan fingerprint density at radius 2 is 1.75 bits per heavy atom. The van der Waals surface area contributed by atoms with Gasteiger partial charge in [0.15, 0.2) is 0 Å². The van der Waals surface area contributed by atoms with Crippen LogP contribution in [0.25, 0.3) is 0 Å². The minimum Gasteiger partial charge on any atom is -0.322 e. The molecule has 20 heavy (non-hydrogen) atoms. The minimum absolute atomic E-state index is 0.0984. The Bertz CT molecular complexity index is 418. The van der Waals surface area contributed by atoms with E-state index in [1.165, 1.54) is 19.3 Å². The van der Waals surface area contributed by atoms with Crippen LogP contribution in [0.1, 0.15) is 58.9 Å². The fourth-order valence-electron chi connectivity index (χ4n) is 2.24. The van der Waals surface area contributed by atoms with E-state index in [1.54, 1.807) is 6.92 Å². The molecule has 3 heteroatoms. The van der Waals surface area contributed by atoms with Crippen molar-refractivity contribution in [2.24, 2.45) is 5.73 Å². The molecular formula is C17H28N2O. The summed E-state index contributed by atoms with van der Waals surface area (Å²) in [4.78, 5) is 13.6. The minimum atomic E-state index is -0.347. The highest BCUT2D eigenvalue weighted by molar-refractivity contribution is 5.91. The van der Waals surface area contributed by atoms with Crippen molar-refractivity contribution in [1.82, 2.24) is 0 Å². The third-order valence-corrected chi connectivity index (χ3v) is 3.54. The van der Waals surface area contributed by atoms with Gasteiger partial charge in [0.1, 0.15) is 0 Å². The Balaban J connectivity index is 2.74. The first-order chi connectivity index (χ1) is 9.36. The van der Waals surface area contributed by atoms with Crippen LogP contribution >= 0.6 is 0 Å². The van der Waals surface area contributed by atoms with Gasteiger partial charge in [-0.1, -0.05) is 38.3 Å². The van der Waals surface area contributed by atoms with Crippen molar-refractivity contribution in [1.29, 1.82) is 0 Å². The topological polar surface area (TPSA) is 46.3 Å². The predicted octanol–water partition coefficient (Wildman–Crippen LogP) is 3.81. The van der Waals surface area contributed by atoms with E-state index in [0.717, 1.165) is 24.2 Å². The molecule has 0 heterocycles. The van der Waals surface area contributed by atoms with Gasteiger partial charge in [0, 0.05) is 24.7 Å². The van der Waals surface area contributed by atoms with Crippen LogP contribution in [0.3, 0.4) is 0 Å². The van der Waals surface area contributed by atoms with Crippen molar-refractivity contribution in [3.63, 3.8) is 0 Å². The highest BCUT2D eigenvalue weighted by Gasteiger charge is 2.15. The van der Waals surface area contributed by atoms with E-state index in [0.29, 0.717) is 0 Å². The molecule has 0 unspecified atom stereocenters. The summed E-state index contributed by atoms with van der Waals surface area (Å²) in [7, 11) is 0. The first-order valence-corrected chi connectivity index (χ1v) is 7.53. The standard InChI is InChI=1S/C17H28N2O/c1-5-6-7-8-13-19(14(2)20)16-11-9-15(10-12-16)17(3,4)18/h9-12H,5-8,13,18H2,1-4H3. The van der Waals surface area contributed by atoms with Crippen LogP contribution in [0.4, 0.5) is 5.69 Å². The fraction of sp³-hybridized carbons (Fsp3) is 0.588. The maximum atomic E-state index is 11.8. The van der Waals surface area contributed by atoms with Crippen molar-refractivity contribution in [2.75, 3.05) is 11.4 Å². The van der Waals surface area contributed by atoms with Crippen LogP contribution in [0, 0.1) is 0 Å². The van der Waals surface area contributed by atoms with E-state index < -0.39 is 0 Å². The number of unbranched alkanes of at least 4 members (excludes halogenated alkanes) is 3. The number of nitrogens with two attached hydrogens (primary N) is 1. The molecule has 0 aliphatic carbocycles. The van der Waals surface area contributed by atoms with Gasteiger partial charge in [0.05, 0.1) is 0 Å². The Morgan fingerprint density at radius 3 is 2.20 bits per heavy atom. The molecule has 0 atom stereocenters. The molecule has 1 amide bonds. The van der Waals surface area contributed by atoms with E-state index in [1.807, 2.05) is 43.0 Å². The second kappa shape index (κ2) is 7.44. The molecule has 0 saturated carbocycles. The number of hydrogen-bond acceptors (Lipinski definition) is 2. The van der Waals surface area contributed by atoms with E-state index in [9.17, 15) is 4.79 Å². The molecule has 112 valence electrons. The molecule has 1 aromatic rings. The van der Waals surface area contributed by atoms with Crippen molar-refractivity contribution in [2.45, 2.75) is 58.9 Å². The molecule has 0 aliphatic heterocycles. The van der Waals surface area contributed by atoms with Crippen LogP contribution in [0.5, 0.6) is 0 Å². The summed E-state index contributed by atoms with van der Waals surface area (Å²) in [6.07, 6.45) is 4.66. The summed E-state index contributed by atoms with van der Waals surface area (Å²) in [6, 6.07) is 8.00. The first-order valence-electron chi connectivity index (χ1n) is 7.53. The van der Waals surface area contributed by atoms with Crippen molar-refractivity contribution < 1.29 is 4.79 Å². The highest BCUT2D eigenvalue weighted by atomic mass is 16.2.